The number of nitrogens with two attached hydrogens (primary N) is 1. The molecular formula is C28H25NO2S. The van der Waals surface area contributed by atoms with Crippen LogP contribution in [0.3, 0.4) is 0 Å². The van der Waals surface area contributed by atoms with E-state index in [1.165, 1.54) is 0 Å². The van der Waals surface area contributed by atoms with Gasteiger partial charge < -0.3 is 10.5 Å². The van der Waals surface area contributed by atoms with Crippen molar-refractivity contribution in [2.75, 3.05) is 6.61 Å². The number of ether oxygens (including phenoxy) is 1. The van der Waals surface area contributed by atoms with Crippen LogP contribution < -0.4 is 5.73 Å². The molecule has 3 nitrogen and oxygen atoms in total. The zero-order valence-corrected chi connectivity index (χ0v) is 18.7. The van der Waals surface area contributed by atoms with Gasteiger partial charge >= 0.3 is 5.97 Å². The Morgan fingerprint density at radius 1 is 0.812 bits per heavy atom. The van der Waals surface area contributed by atoms with E-state index in [-0.39, 0.29) is 6.61 Å². The van der Waals surface area contributed by atoms with Crippen LogP contribution in [0.4, 0.5) is 0 Å². The number of hydrogen-bond acceptors (Lipinski definition) is 4. The third kappa shape index (κ3) is 4.72. The molecule has 0 fully saturated rings. The molecule has 1 atom stereocenters. The van der Waals surface area contributed by atoms with Crippen molar-refractivity contribution in [2.45, 2.75) is 13.0 Å². The van der Waals surface area contributed by atoms with Gasteiger partial charge in [-0.15, -0.1) is 11.3 Å². The van der Waals surface area contributed by atoms with Gasteiger partial charge in [-0.3, -0.25) is 0 Å². The summed E-state index contributed by atoms with van der Waals surface area (Å²) in [7, 11) is 0. The minimum absolute atomic E-state index is 0.283. The Kier molecular flexibility index (Phi) is 6.95. The van der Waals surface area contributed by atoms with Crippen LogP contribution in [-0.4, -0.2) is 12.6 Å². The highest BCUT2D eigenvalue weighted by Crippen LogP contribution is 2.38. The van der Waals surface area contributed by atoms with Gasteiger partial charge in [-0.05, 0) is 35.7 Å². The van der Waals surface area contributed by atoms with E-state index in [4.69, 9.17) is 10.5 Å². The third-order valence-corrected chi connectivity index (χ3v) is 6.41. The van der Waals surface area contributed by atoms with Gasteiger partial charge in [0.2, 0.25) is 0 Å². The van der Waals surface area contributed by atoms with Crippen LogP contribution in [0.5, 0.6) is 0 Å². The molecule has 3 aromatic carbocycles. The lowest BCUT2D eigenvalue weighted by molar-refractivity contribution is -0.138. The van der Waals surface area contributed by atoms with Crippen molar-refractivity contribution in [2.24, 2.45) is 5.73 Å². The monoisotopic (exact) mass is 439 g/mol. The second-order valence-corrected chi connectivity index (χ2v) is 8.40. The van der Waals surface area contributed by atoms with Gasteiger partial charge in [0.05, 0.1) is 18.2 Å². The molecule has 1 heterocycles. The second kappa shape index (κ2) is 10.2. The standard InChI is InChI=1S/C28H25NO2S/c1-2-31-28(30)26(25(21-14-8-4-9-15-21)22-16-10-5-11-17-22)27(29)24-19-18-23(32-24)20-12-6-3-7-13-20/h3-19,27H,2,29H2,1H3. The Morgan fingerprint density at radius 2 is 1.34 bits per heavy atom. The average Bonchev–Trinajstić information content (AvgIpc) is 3.34. The summed E-state index contributed by atoms with van der Waals surface area (Å²) in [6, 6.07) is 33.4. The van der Waals surface area contributed by atoms with Crippen molar-refractivity contribution in [3.8, 4) is 10.4 Å². The highest BCUT2D eigenvalue weighted by Gasteiger charge is 2.27. The lowest BCUT2D eigenvalue weighted by atomic mass is 9.89. The van der Waals surface area contributed by atoms with Crippen LogP contribution in [-0.2, 0) is 9.53 Å². The first-order chi connectivity index (χ1) is 15.7. The summed E-state index contributed by atoms with van der Waals surface area (Å²) >= 11 is 1.60. The quantitative estimate of drug-likeness (QED) is 0.265. The van der Waals surface area contributed by atoms with Crippen LogP contribution in [0, 0.1) is 0 Å². The molecule has 0 radical (unpaired) electrons. The summed E-state index contributed by atoms with van der Waals surface area (Å²) < 4.78 is 5.49. The molecule has 0 aliphatic rings. The van der Waals surface area contributed by atoms with Crippen LogP contribution in [0.2, 0.25) is 0 Å². The summed E-state index contributed by atoms with van der Waals surface area (Å²) in [6.07, 6.45) is 0. The second-order valence-electron chi connectivity index (χ2n) is 7.29. The number of esters is 1. The maximum atomic E-state index is 13.3. The maximum absolute atomic E-state index is 13.3. The predicted octanol–water partition coefficient (Wildman–Crippen LogP) is 6.48. The number of carbonyl (C=O) groups excluding carboxylic acids is 1. The molecule has 1 aromatic heterocycles. The molecule has 0 saturated heterocycles. The molecule has 4 heteroatoms. The zero-order valence-electron chi connectivity index (χ0n) is 17.9. The summed E-state index contributed by atoms with van der Waals surface area (Å²) in [6.45, 7) is 2.09. The topological polar surface area (TPSA) is 52.3 Å². The maximum Gasteiger partial charge on any atom is 0.336 e. The molecule has 4 rings (SSSR count). The van der Waals surface area contributed by atoms with Crippen molar-refractivity contribution in [3.63, 3.8) is 0 Å². The summed E-state index contributed by atoms with van der Waals surface area (Å²) in [4.78, 5) is 15.3. The molecule has 2 N–H and O–H groups in total. The predicted molar refractivity (Wildman–Crippen MR) is 132 cm³/mol. The van der Waals surface area contributed by atoms with E-state index in [1.54, 1.807) is 11.3 Å². The highest BCUT2D eigenvalue weighted by molar-refractivity contribution is 7.15. The fourth-order valence-corrected chi connectivity index (χ4v) is 4.73. The van der Waals surface area contributed by atoms with E-state index >= 15 is 0 Å². The molecule has 0 saturated carbocycles. The molecule has 0 bridgehead atoms. The smallest absolute Gasteiger partial charge is 0.336 e. The zero-order chi connectivity index (χ0) is 22.3. The van der Waals surface area contributed by atoms with E-state index in [2.05, 4.69) is 18.2 Å². The van der Waals surface area contributed by atoms with Gasteiger partial charge in [0.1, 0.15) is 0 Å². The normalized spacial score (nSPS) is 11.6. The van der Waals surface area contributed by atoms with Crippen molar-refractivity contribution >= 4 is 22.9 Å². The van der Waals surface area contributed by atoms with E-state index in [0.717, 1.165) is 32.0 Å². The number of rotatable bonds is 7. The fraction of sp³-hybridized carbons (Fsp3) is 0.107. The molecule has 0 spiro atoms. The van der Waals surface area contributed by atoms with E-state index in [9.17, 15) is 4.79 Å². The lowest BCUT2D eigenvalue weighted by Gasteiger charge is -2.20. The van der Waals surface area contributed by atoms with Crippen molar-refractivity contribution in [3.05, 3.63) is 125 Å². The van der Waals surface area contributed by atoms with Gasteiger partial charge in [0, 0.05) is 15.3 Å². The van der Waals surface area contributed by atoms with Crippen molar-refractivity contribution in [1.82, 2.24) is 0 Å². The highest BCUT2D eigenvalue weighted by atomic mass is 32.1. The van der Waals surface area contributed by atoms with Gasteiger partial charge in [-0.25, -0.2) is 4.79 Å². The number of thiophene rings is 1. The number of hydrogen-bond donors (Lipinski definition) is 1. The fourth-order valence-electron chi connectivity index (χ4n) is 3.70. The summed E-state index contributed by atoms with van der Waals surface area (Å²) in [5.74, 6) is -0.391. The van der Waals surface area contributed by atoms with Gasteiger partial charge in [-0.1, -0.05) is 91.0 Å². The Labute approximate surface area is 192 Å². The van der Waals surface area contributed by atoms with Crippen LogP contribution in [0.25, 0.3) is 16.0 Å². The molecule has 0 amide bonds. The van der Waals surface area contributed by atoms with Gasteiger partial charge in [-0.2, -0.15) is 0 Å². The first-order valence-electron chi connectivity index (χ1n) is 10.6. The minimum atomic E-state index is -0.619. The van der Waals surface area contributed by atoms with Crippen LogP contribution >= 0.6 is 11.3 Å². The third-order valence-electron chi connectivity index (χ3n) is 5.19. The summed E-state index contributed by atoms with van der Waals surface area (Å²) in [5.41, 5.74) is 11.0. The van der Waals surface area contributed by atoms with Crippen LogP contribution in [0.15, 0.2) is 109 Å². The minimum Gasteiger partial charge on any atom is -0.463 e. The molecule has 4 aromatic rings. The molecule has 0 aliphatic heterocycles. The first kappa shape index (κ1) is 21.8. The molecule has 0 aliphatic carbocycles. The van der Waals surface area contributed by atoms with Crippen LogP contribution in [0.1, 0.15) is 29.0 Å². The van der Waals surface area contributed by atoms with Gasteiger partial charge in [0.15, 0.2) is 0 Å². The SMILES string of the molecule is CCOC(=O)C(=C(c1ccccc1)c1ccccc1)C(N)c1ccc(-c2ccccc2)s1. The number of carbonyl (C=O) groups is 1. The van der Waals surface area contributed by atoms with Crippen molar-refractivity contribution in [1.29, 1.82) is 0 Å². The Morgan fingerprint density at radius 3 is 1.88 bits per heavy atom. The Hall–Kier alpha value is -3.47. The van der Waals surface area contributed by atoms with E-state index in [0.29, 0.717) is 5.57 Å². The average molecular weight is 440 g/mol. The molecule has 160 valence electrons. The molecule has 32 heavy (non-hydrogen) atoms. The van der Waals surface area contributed by atoms with Gasteiger partial charge in [0.25, 0.3) is 0 Å². The Bertz CT molecular complexity index is 1160. The molecule has 1 unspecified atom stereocenters. The van der Waals surface area contributed by atoms with E-state index in [1.807, 2.05) is 91.9 Å². The first-order valence-corrected chi connectivity index (χ1v) is 11.4. The van der Waals surface area contributed by atoms with E-state index < -0.39 is 12.0 Å². The summed E-state index contributed by atoms with van der Waals surface area (Å²) in [5, 5.41) is 0. The molecular weight excluding hydrogens is 414 g/mol. The van der Waals surface area contributed by atoms with Crippen molar-refractivity contribution < 1.29 is 9.53 Å². The Balaban J connectivity index is 1.88. The number of benzene rings is 3. The lowest BCUT2D eigenvalue weighted by Crippen LogP contribution is -2.22. The largest absolute Gasteiger partial charge is 0.463 e.